The lowest BCUT2D eigenvalue weighted by Gasteiger charge is -2.21. The van der Waals surface area contributed by atoms with Crippen molar-refractivity contribution < 1.29 is 0 Å². The van der Waals surface area contributed by atoms with E-state index in [4.69, 9.17) is 29.0 Å². The second-order valence-electron chi connectivity index (χ2n) is 4.54. The van der Waals surface area contributed by atoms with E-state index in [1.54, 1.807) is 12.3 Å². The maximum Gasteiger partial charge on any atom is 0.0893 e. The summed E-state index contributed by atoms with van der Waals surface area (Å²) in [6.07, 6.45) is 1.75. The molecule has 1 unspecified atom stereocenters. The van der Waals surface area contributed by atoms with Crippen LogP contribution < -0.4 is 11.3 Å². The predicted molar refractivity (Wildman–Crippen MR) is 78.2 cm³/mol. The molecule has 1 heterocycles. The highest BCUT2D eigenvalue weighted by atomic mass is 35.5. The molecule has 0 bridgehead atoms. The number of hydrogen-bond acceptors (Lipinski definition) is 3. The van der Waals surface area contributed by atoms with Gasteiger partial charge in [-0.2, -0.15) is 5.10 Å². The Hall–Kier alpha value is -1.07. The molecule has 1 atom stereocenters. The van der Waals surface area contributed by atoms with Crippen LogP contribution in [0.15, 0.2) is 30.5 Å². The third-order valence-corrected chi connectivity index (χ3v) is 3.78. The number of aromatic nitrogens is 2. The summed E-state index contributed by atoms with van der Waals surface area (Å²) in [5.41, 5.74) is 4.56. The van der Waals surface area contributed by atoms with Crippen molar-refractivity contribution in [3.8, 4) is 0 Å². The van der Waals surface area contributed by atoms with E-state index < -0.39 is 0 Å². The van der Waals surface area contributed by atoms with Crippen molar-refractivity contribution in [2.45, 2.75) is 25.9 Å². The Morgan fingerprint density at radius 2 is 2.00 bits per heavy atom. The van der Waals surface area contributed by atoms with E-state index in [9.17, 15) is 0 Å². The first kappa shape index (κ1) is 14.3. The predicted octanol–water partition coefficient (Wildman–Crippen LogP) is 3.32. The lowest BCUT2D eigenvalue weighted by molar-refractivity contribution is 0.476. The molecule has 0 amide bonds. The average molecular weight is 299 g/mol. The molecule has 1 aromatic heterocycles. The number of nitrogens with zero attached hydrogens (tertiary/aromatic N) is 2. The maximum atomic E-state index is 6.26. The fourth-order valence-corrected chi connectivity index (χ4v) is 2.48. The van der Waals surface area contributed by atoms with Gasteiger partial charge in [-0.15, -0.1) is 0 Å². The fraction of sp³-hybridized carbons (Fsp3) is 0.308. The molecule has 0 saturated heterocycles. The minimum absolute atomic E-state index is 0.235. The van der Waals surface area contributed by atoms with E-state index >= 15 is 0 Å². The van der Waals surface area contributed by atoms with Gasteiger partial charge in [-0.25, -0.2) is 5.43 Å². The van der Waals surface area contributed by atoms with Crippen molar-refractivity contribution in [2.75, 3.05) is 0 Å². The molecule has 102 valence electrons. The normalized spacial score (nSPS) is 12.9. The van der Waals surface area contributed by atoms with Gasteiger partial charge in [0.2, 0.25) is 0 Å². The van der Waals surface area contributed by atoms with Gasteiger partial charge in [-0.05, 0) is 31.5 Å². The van der Waals surface area contributed by atoms with Crippen LogP contribution in [0.4, 0.5) is 0 Å². The molecular weight excluding hydrogens is 283 g/mol. The summed E-state index contributed by atoms with van der Waals surface area (Å²) >= 11 is 12.3. The second kappa shape index (κ2) is 5.92. The SMILES string of the molecule is CC(C)n1nccc1C(NN)c1cccc(Cl)c1Cl. The third kappa shape index (κ3) is 2.77. The van der Waals surface area contributed by atoms with E-state index in [1.807, 2.05) is 22.9 Å². The number of hydrazine groups is 1. The van der Waals surface area contributed by atoms with Crippen LogP contribution in [0.1, 0.15) is 37.2 Å². The summed E-state index contributed by atoms with van der Waals surface area (Å²) in [5, 5.41) is 5.32. The summed E-state index contributed by atoms with van der Waals surface area (Å²) in [6.45, 7) is 4.12. The minimum atomic E-state index is -0.254. The first-order valence-corrected chi connectivity index (χ1v) is 6.75. The largest absolute Gasteiger partial charge is 0.271 e. The van der Waals surface area contributed by atoms with Crippen molar-refractivity contribution in [1.29, 1.82) is 0 Å². The van der Waals surface area contributed by atoms with Crippen molar-refractivity contribution in [2.24, 2.45) is 5.84 Å². The molecule has 0 aliphatic heterocycles. The Balaban J connectivity index is 2.50. The van der Waals surface area contributed by atoms with E-state index in [0.717, 1.165) is 11.3 Å². The van der Waals surface area contributed by atoms with Crippen molar-refractivity contribution in [3.05, 3.63) is 51.8 Å². The fourth-order valence-electron chi connectivity index (χ4n) is 2.06. The molecule has 0 aliphatic carbocycles. The zero-order chi connectivity index (χ0) is 14.0. The zero-order valence-electron chi connectivity index (χ0n) is 10.8. The average Bonchev–Trinajstić information content (AvgIpc) is 2.85. The number of rotatable bonds is 4. The highest BCUT2D eigenvalue weighted by molar-refractivity contribution is 6.42. The van der Waals surface area contributed by atoms with E-state index in [0.29, 0.717) is 10.0 Å². The first-order chi connectivity index (χ1) is 9.06. The van der Waals surface area contributed by atoms with Crippen molar-refractivity contribution >= 4 is 23.2 Å². The Labute approximate surface area is 122 Å². The Bertz CT molecular complexity index is 566. The minimum Gasteiger partial charge on any atom is -0.271 e. The Kier molecular flexibility index (Phi) is 4.47. The standard InChI is InChI=1S/C13H16Cl2N4/c1-8(2)19-11(6-7-17-19)13(18-16)9-4-3-5-10(14)12(9)15/h3-8,13,18H,16H2,1-2H3. The Morgan fingerprint density at radius 1 is 1.26 bits per heavy atom. The van der Waals surface area contributed by atoms with Crippen LogP contribution in [0.3, 0.4) is 0 Å². The van der Waals surface area contributed by atoms with Gasteiger partial charge >= 0.3 is 0 Å². The first-order valence-electron chi connectivity index (χ1n) is 5.99. The van der Waals surface area contributed by atoms with Crippen LogP contribution in [-0.2, 0) is 0 Å². The molecule has 4 nitrogen and oxygen atoms in total. The molecule has 2 aromatic rings. The summed E-state index contributed by atoms with van der Waals surface area (Å²) in [4.78, 5) is 0. The molecule has 19 heavy (non-hydrogen) atoms. The molecule has 6 heteroatoms. The number of hydrogen-bond donors (Lipinski definition) is 2. The smallest absolute Gasteiger partial charge is 0.0893 e. The molecule has 0 fully saturated rings. The van der Waals surface area contributed by atoms with Gasteiger partial charge in [0.15, 0.2) is 0 Å². The molecule has 0 aliphatic rings. The van der Waals surface area contributed by atoms with Gasteiger partial charge in [0, 0.05) is 12.2 Å². The van der Waals surface area contributed by atoms with Gasteiger partial charge < -0.3 is 0 Å². The van der Waals surface area contributed by atoms with Gasteiger partial charge in [-0.3, -0.25) is 10.5 Å². The number of nitrogens with one attached hydrogen (secondary N) is 1. The van der Waals surface area contributed by atoms with Crippen LogP contribution in [0, 0.1) is 0 Å². The number of halogens is 2. The molecule has 1 aromatic carbocycles. The highest BCUT2D eigenvalue weighted by Gasteiger charge is 2.21. The van der Waals surface area contributed by atoms with Crippen LogP contribution in [0.2, 0.25) is 10.0 Å². The molecule has 3 N–H and O–H groups in total. The summed E-state index contributed by atoms with van der Waals surface area (Å²) in [5.74, 6) is 5.69. The maximum absolute atomic E-state index is 6.26. The van der Waals surface area contributed by atoms with Gasteiger partial charge in [0.05, 0.1) is 21.8 Å². The van der Waals surface area contributed by atoms with Gasteiger partial charge in [0.25, 0.3) is 0 Å². The Morgan fingerprint density at radius 3 is 2.63 bits per heavy atom. The van der Waals surface area contributed by atoms with Crippen molar-refractivity contribution in [3.63, 3.8) is 0 Å². The van der Waals surface area contributed by atoms with Crippen molar-refractivity contribution in [1.82, 2.24) is 15.2 Å². The third-order valence-electron chi connectivity index (χ3n) is 2.94. The van der Waals surface area contributed by atoms with Gasteiger partial charge in [0.1, 0.15) is 0 Å². The summed E-state index contributed by atoms with van der Waals surface area (Å²) in [7, 11) is 0. The highest BCUT2D eigenvalue weighted by Crippen LogP contribution is 2.33. The van der Waals surface area contributed by atoms with Crippen LogP contribution in [0.25, 0.3) is 0 Å². The lowest BCUT2D eigenvalue weighted by Crippen LogP contribution is -2.31. The molecular formula is C13H16Cl2N4. The molecule has 0 radical (unpaired) electrons. The van der Waals surface area contributed by atoms with E-state index in [1.165, 1.54) is 0 Å². The topological polar surface area (TPSA) is 55.9 Å². The monoisotopic (exact) mass is 298 g/mol. The lowest BCUT2D eigenvalue weighted by atomic mass is 10.0. The number of nitrogens with two attached hydrogens (primary N) is 1. The van der Waals surface area contributed by atoms with Crippen LogP contribution in [-0.4, -0.2) is 9.78 Å². The quantitative estimate of drug-likeness (QED) is 0.672. The van der Waals surface area contributed by atoms with Crippen LogP contribution in [0.5, 0.6) is 0 Å². The number of benzene rings is 1. The molecule has 0 saturated carbocycles. The molecule has 2 rings (SSSR count). The zero-order valence-corrected chi connectivity index (χ0v) is 12.3. The summed E-state index contributed by atoms with van der Waals surface area (Å²) in [6, 6.07) is 7.40. The van der Waals surface area contributed by atoms with E-state index in [2.05, 4.69) is 24.4 Å². The van der Waals surface area contributed by atoms with E-state index in [-0.39, 0.29) is 12.1 Å². The van der Waals surface area contributed by atoms with Crippen LogP contribution >= 0.6 is 23.2 Å². The molecule has 0 spiro atoms. The van der Waals surface area contributed by atoms with Gasteiger partial charge in [-0.1, -0.05) is 35.3 Å². The summed E-state index contributed by atoms with van der Waals surface area (Å²) < 4.78 is 1.90. The second-order valence-corrected chi connectivity index (χ2v) is 5.32.